The summed E-state index contributed by atoms with van der Waals surface area (Å²) in [5.41, 5.74) is -0.766. The van der Waals surface area contributed by atoms with Crippen LogP contribution < -0.4 is 5.32 Å². The predicted octanol–water partition coefficient (Wildman–Crippen LogP) is 4.16. The molecule has 0 aromatic heterocycles. The van der Waals surface area contributed by atoms with Crippen LogP contribution in [0.25, 0.3) is 0 Å². The Morgan fingerprint density at radius 1 is 0.900 bits per heavy atom. The second-order valence-corrected chi connectivity index (χ2v) is 9.37. The van der Waals surface area contributed by atoms with Crippen LogP contribution in [-0.4, -0.2) is 23.7 Å². The Morgan fingerprint density at radius 2 is 1.35 bits per heavy atom. The largest absolute Gasteiger partial charge is 0.375 e. The molecule has 0 rings (SSSR count). The summed E-state index contributed by atoms with van der Waals surface area (Å²) in [6.45, 7) is 21.3. The van der Waals surface area contributed by atoms with E-state index in [1.165, 1.54) is 0 Å². The van der Waals surface area contributed by atoms with E-state index in [0.717, 1.165) is 6.42 Å². The smallest absolute Gasteiger partial charge is 0.225 e. The first kappa shape index (κ1) is 19.4. The maximum absolute atomic E-state index is 12.1. The van der Waals surface area contributed by atoms with Gasteiger partial charge in [0.1, 0.15) is 0 Å². The molecule has 0 fully saturated rings. The van der Waals surface area contributed by atoms with Crippen molar-refractivity contribution in [3.8, 4) is 0 Å². The van der Waals surface area contributed by atoms with Crippen molar-refractivity contribution < 1.29 is 9.53 Å². The number of carbonyl (C=O) groups excluding carboxylic acids is 1. The fourth-order valence-corrected chi connectivity index (χ4v) is 2.07. The standard InChI is InChI=1S/C17H35NO2/c1-14(2,3)12-20-17(9,10)11-16(7,8)18-13(19)15(4,5)6/h11-12H2,1-10H3,(H,18,19). The summed E-state index contributed by atoms with van der Waals surface area (Å²) in [7, 11) is 0. The second-order valence-electron chi connectivity index (χ2n) is 9.37. The molecule has 20 heavy (non-hydrogen) atoms. The molecule has 1 amide bonds. The summed E-state index contributed by atoms with van der Waals surface area (Å²) in [6.07, 6.45) is 0.776. The van der Waals surface area contributed by atoms with Crippen LogP contribution in [0, 0.1) is 10.8 Å². The highest BCUT2D eigenvalue weighted by molar-refractivity contribution is 5.82. The average molecular weight is 285 g/mol. The molecule has 3 nitrogen and oxygen atoms in total. The first-order chi connectivity index (χ1) is 8.54. The van der Waals surface area contributed by atoms with Crippen molar-refractivity contribution in [3.05, 3.63) is 0 Å². The van der Waals surface area contributed by atoms with Gasteiger partial charge in [-0.05, 0) is 39.5 Å². The van der Waals surface area contributed by atoms with E-state index in [4.69, 9.17) is 4.74 Å². The molecule has 120 valence electrons. The van der Waals surface area contributed by atoms with Gasteiger partial charge in [-0.2, -0.15) is 0 Å². The van der Waals surface area contributed by atoms with Gasteiger partial charge < -0.3 is 10.1 Å². The molecular weight excluding hydrogens is 250 g/mol. The zero-order chi connectivity index (χ0) is 16.4. The van der Waals surface area contributed by atoms with Crippen molar-refractivity contribution in [2.45, 2.75) is 86.8 Å². The van der Waals surface area contributed by atoms with Crippen molar-refractivity contribution in [2.75, 3.05) is 6.61 Å². The van der Waals surface area contributed by atoms with Gasteiger partial charge in [-0.1, -0.05) is 41.5 Å². The third kappa shape index (κ3) is 8.57. The van der Waals surface area contributed by atoms with Crippen molar-refractivity contribution in [2.24, 2.45) is 10.8 Å². The van der Waals surface area contributed by atoms with Crippen LogP contribution in [0.2, 0.25) is 0 Å². The van der Waals surface area contributed by atoms with Gasteiger partial charge in [0.25, 0.3) is 0 Å². The Kier molecular flexibility index (Phi) is 5.87. The SMILES string of the molecule is CC(C)(C)COC(C)(C)CC(C)(C)NC(=O)C(C)(C)C. The van der Waals surface area contributed by atoms with Gasteiger partial charge in [-0.25, -0.2) is 0 Å². The van der Waals surface area contributed by atoms with E-state index >= 15 is 0 Å². The van der Waals surface area contributed by atoms with Crippen LogP contribution in [0.15, 0.2) is 0 Å². The van der Waals surface area contributed by atoms with E-state index < -0.39 is 0 Å². The monoisotopic (exact) mass is 285 g/mol. The van der Waals surface area contributed by atoms with E-state index in [1.807, 2.05) is 20.8 Å². The second kappa shape index (κ2) is 6.05. The van der Waals surface area contributed by atoms with Gasteiger partial charge in [0.05, 0.1) is 12.2 Å². The number of amides is 1. The van der Waals surface area contributed by atoms with E-state index in [-0.39, 0.29) is 27.9 Å². The van der Waals surface area contributed by atoms with Gasteiger partial charge in [-0.3, -0.25) is 4.79 Å². The van der Waals surface area contributed by atoms with Crippen LogP contribution in [-0.2, 0) is 9.53 Å². The predicted molar refractivity (Wildman–Crippen MR) is 85.8 cm³/mol. The van der Waals surface area contributed by atoms with Crippen molar-refractivity contribution in [1.82, 2.24) is 5.32 Å². The molecule has 1 N–H and O–H groups in total. The minimum atomic E-state index is -0.367. The lowest BCUT2D eigenvalue weighted by Crippen LogP contribution is -2.51. The van der Waals surface area contributed by atoms with E-state index in [9.17, 15) is 4.79 Å². The number of rotatable bonds is 5. The molecule has 0 heterocycles. The minimum Gasteiger partial charge on any atom is -0.375 e. The molecule has 3 heteroatoms. The fraction of sp³-hybridized carbons (Fsp3) is 0.941. The summed E-state index contributed by atoms with van der Waals surface area (Å²) in [6, 6.07) is 0. The normalized spacial score (nSPS) is 14.3. The number of hydrogen-bond acceptors (Lipinski definition) is 2. The summed E-state index contributed by atoms with van der Waals surface area (Å²) < 4.78 is 6.05. The molecule has 0 unspecified atom stereocenters. The first-order valence-electron chi connectivity index (χ1n) is 7.51. The Morgan fingerprint density at radius 3 is 1.70 bits per heavy atom. The number of nitrogens with one attached hydrogen (secondary N) is 1. The molecule has 0 aromatic carbocycles. The third-order valence-corrected chi connectivity index (χ3v) is 2.90. The van der Waals surface area contributed by atoms with Gasteiger partial charge in [-0.15, -0.1) is 0 Å². The zero-order valence-electron chi connectivity index (χ0n) is 15.2. The van der Waals surface area contributed by atoms with Crippen molar-refractivity contribution in [3.63, 3.8) is 0 Å². The van der Waals surface area contributed by atoms with Crippen molar-refractivity contribution in [1.29, 1.82) is 0 Å². The number of ether oxygens (including phenoxy) is 1. The Labute approximate surface area is 125 Å². The first-order valence-corrected chi connectivity index (χ1v) is 7.51. The highest BCUT2D eigenvalue weighted by atomic mass is 16.5. The van der Waals surface area contributed by atoms with Gasteiger partial charge in [0.2, 0.25) is 5.91 Å². The van der Waals surface area contributed by atoms with Crippen LogP contribution in [0.3, 0.4) is 0 Å². The van der Waals surface area contributed by atoms with E-state index in [0.29, 0.717) is 6.61 Å². The Hall–Kier alpha value is -0.570. The third-order valence-electron chi connectivity index (χ3n) is 2.90. The number of carbonyl (C=O) groups is 1. The van der Waals surface area contributed by atoms with Crippen LogP contribution in [0.1, 0.15) is 75.7 Å². The summed E-state index contributed by atoms with van der Waals surface area (Å²) >= 11 is 0. The Balaban J connectivity index is 4.62. The number of hydrogen-bond donors (Lipinski definition) is 1. The molecule has 0 saturated carbocycles. The lowest BCUT2D eigenvalue weighted by Gasteiger charge is -2.38. The zero-order valence-corrected chi connectivity index (χ0v) is 15.2. The molecule has 0 aromatic rings. The molecule has 0 atom stereocenters. The minimum absolute atomic E-state index is 0.0779. The fourth-order valence-electron chi connectivity index (χ4n) is 2.07. The molecule has 0 aliphatic rings. The maximum atomic E-state index is 12.1. The van der Waals surface area contributed by atoms with E-state index in [2.05, 4.69) is 53.8 Å². The molecule has 0 aliphatic heterocycles. The summed E-state index contributed by atoms with van der Waals surface area (Å²) in [4.78, 5) is 12.1. The summed E-state index contributed by atoms with van der Waals surface area (Å²) in [5.74, 6) is 0.0779. The quantitative estimate of drug-likeness (QED) is 0.823. The lowest BCUT2D eigenvalue weighted by molar-refractivity contribution is -0.131. The highest BCUT2D eigenvalue weighted by Gasteiger charge is 2.34. The molecule has 0 saturated heterocycles. The van der Waals surface area contributed by atoms with Crippen LogP contribution in [0.4, 0.5) is 0 Å². The lowest BCUT2D eigenvalue weighted by atomic mass is 9.86. The molecule has 0 radical (unpaired) electrons. The van der Waals surface area contributed by atoms with Gasteiger partial charge in [0, 0.05) is 11.0 Å². The highest BCUT2D eigenvalue weighted by Crippen LogP contribution is 2.27. The van der Waals surface area contributed by atoms with E-state index in [1.54, 1.807) is 0 Å². The van der Waals surface area contributed by atoms with Gasteiger partial charge in [0.15, 0.2) is 0 Å². The average Bonchev–Trinajstić information content (AvgIpc) is 2.09. The molecule has 0 aliphatic carbocycles. The molecule has 0 spiro atoms. The molecular formula is C17H35NO2. The Bertz CT molecular complexity index is 330. The van der Waals surface area contributed by atoms with Gasteiger partial charge >= 0.3 is 0 Å². The van der Waals surface area contributed by atoms with Crippen LogP contribution >= 0.6 is 0 Å². The maximum Gasteiger partial charge on any atom is 0.225 e. The van der Waals surface area contributed by atoms with Crippen LogP contribution in [0.5, 0.6) is 0 Å². The van der Waals surface area contributed by atoms with Crippen molar-refractivity contribution >= 4 is 5.91 Å². The topological polar surface area (TPSA) is 38.3 Å². The molecule has 0 bridgehead atoms. The summed E-state index contributed by atoms with van der Waals surface area (Å²) in [5, 5.41) is 3.13.